The van der Waals surface area contributed by atoms with Crippen molar-refractivity contribution in [2.45, 2.75) is 61.1 Å². The average molecular weight is 569 g/mol. The van der Waals surface area contributed by atoms with Gasteiger partial charge in [-0.3, -0.25) is 0 Å². The van der Waals surface area contributed by atoms with Crippen LogP contribution in [0.3, 0.4) is 0 Å². The third-order valence-electron chi connectivity index (χ3n) is 6.79. The molecule has 0 aliphatic heterocycles. The Hall–Kier alpha value is -2.76. The first-order chi connectivity index (χ1) is 17.8. The zero-order valence-corrected chi connectivity index (χ0v) is 22.7. The van der Waals surface area contributed by atoms with Crippen LogP contribution in [0.5, 0.6) is 5.88 Å². The van der Waals surface area contributed by atoms with E-state index in [2.05, 4.69) is 15.0 Å². The molecule has 1 aliphatic carbocycles. The second kappa shape index (κ2) is 11.2. The van der Waals surface area contributed by atoms with Crippen LogP contribution in [0.2, 0.25) is 5.02 Å². The number of hydrogen-bond donors (Lipinski definition) is 0. The number of halogens is 4. The van der Waals surface area contributed by atoms with Crippen molar-refractivity contribution in [3.8, 4) is 5.88 Å². The molecule has 0 unspecified atom stereocenters. The Morgan fingerprint density at radius 1 is 1.13 bits per heavy atom. The van der Waals surface area contributed by atoms with E-state index >= 15 is 0 Å². The van der Waals surface area contributed by atoms with Gasteiger partial charge in [-0.25, -0.2) is 23.4 Å². The zero-order valence-electron chi connectivity index (χ0n) is 21.1. The second-order valence-corrected chi connectivity index (χ2v) is 12.0. The summed E-state index contributed by atoms with van der Waals surface area (Å²) in [4.78, 5) is 14.3. The minimum Gasteiger partial charge on any atom is -0.473 e. The lowest BCUT2D eigenvalue weighted by Crippen LogP contribution is -2.46. The predicted octanol–water partition coefficient (Wildman–Crippen LogP) is 5.47. The van der Waals surface area contributed by atoms with E-state index in [-0.39, 0.29) is 33.7 Å². The fourth-order valence-electron chi connectivity index (χ4n) is 4.87. The summed E-state index contributed by atoms with van der Waals surface area (Å²) in [7, 11) is 0.114. The van der Waals surface area contributed by atoms with E-state index < -0.39 is 21.6 Å². The van der Waals surface area contributed by atoms with Crippen molar-refractivity contribution in [3.63, 3.8) is 0 Å². The maximum Gasteiger partial charge on any atom is 0.417 e. The monoisotopic (exact) mass is 568 g/mol. The summed E-state index contributed by atoms with van der Waals surface area (Å²) in [5.41, 5.74) is 0.464. The maximum absolute atomic E-state index is 13.4. The fraction of sp³-hybridized carbons (Fsp3) is 0.423. The van der Waals surface area contributed by atoms with Crippen LogP contribution in [-0.4, -0.2) is 54.5 Å². The summed E-state index contributed by atoms with van der Waals surface area (Å²) in [6, 6.07) is 8.57. The van der Waals surface area contributed by atoms with E-state index in [0.29, 0.717) is 42.1 Å². The van der Waals surface area contributed by atoms with Crippen molar-refractivity contribution in [1.82, 2.24) is 19.9 Å². The van der Waals surface area contributed by atoms with Gasteiger partial charge in [-0.05, 0) is 76.0 Å². The van der Waals surface area contributed by atoms with Crippen LogP contribution in [0.15, 0.2) is 53.8 Å². The van der Waals surface area contributed by atoms with E-state index in [1.54, 1.807) is 19.1 Å². The summed E-state index contributed by atoms with van der Waals surface area (Å²) in [6.45, 7) is 1.61. The number of rotatable bonds is 7. The fourth-order valence-corrected chi connectivity index (χ4v) is 6.58. The smallest absolute Gasteiger partial charge is 0.417 e. The Kier molecular flexibility index (Phi) is 8.29. The molecule has 4 rings (SSSR count). The topological polar surface area (TPSA) is 85.3 Å². The van der Waals surface area contributed by atoms with Gasteiger partial charge in [0, 0.05) is 18.3 Å². The van der Waals surface area contributed by atoms with Crippen LogP contribution < -0.4 is 4.74 Å². The molecular weight excluding hydrogens is 541 g/mol. The molecule has 0 spiro atoms. The number of nitrogens with zero attached hydrogens (tertiary/aromatic N) is 4. The largest absolute Gasteiger partial charge is 0.473 e. The molecule has 1 aliphatic rings. The van der Waals surface area contributed by atoms with Gasteiger partial charge in [-0.2, -0.15) is 13.2 Å². The van der Waals surface area contributed by atoms with Crippen LogP contribution >= 0.6 is 11.6 Å². The highest BCUT2D eigenvalue weighted by atomic mass is 35.5. The molecule has 0 amide bonds. The Morgan fingerprint density at radius 3 is 2.53 bits per heavy atom. The van der Waals surface area contributed by atoms with E-state index in [1.165, 1.54) is 30.7 Å². The standard InChI is InChI=1S/C26H28ClF3N4O3S/c1-16-24(38(35,36)14-19-10-11-31-15-32-19)8-9-25(33-16)37-23-7-5-18(13-22(23)34(2)3)17-4-6-21(27)20(12-17)26(28,29)30/h4,6,8-12,15,18,22-23H,5,7,13-14H2,1-3H3/t18-,22-,23-/m0/s1. The quantitative estimate of drug-likeness (QED) is 0.373. The lowest BCUT2D eigenvalue weighted by molar-refractivity contribution is -0.137. The number of sulfone groups is 1. The molecular formula is C26H28ClF3N4O3S. The van der Waals surface area contributed by atoms with E-state index in [1.807, 2.05) is 19.0 Å². The SMILES string of the molecule is Cc1nc(O[C@H]2CC[C@H](c3ccc(Cl)c(C(F)(F)F)c3)C[C@@H]2N(C)C)ccc1S(=O)(=O)Cc1ccncn1. The van der Waals surface area contributed by atoms with Crippen LogP contribution in [0.1, 0.15) is 47.7 Å². The molecule has 2 heterocycles. The highest BCUT2D eigenvalue weighted by molar-refractivity contribution is 7.90. The first-order valence-electron chi connectivity index (χ1n) is 12.0. The van der Waals surface area contributed by atoms with Crippen molar-refractivity contribution < 1.29 is 26.3 Å². The highest BCUT2D eigenvalue weighted by Gasteiger charge is 2.37. The molecule has 3 atom stereocenters. The maximum atomic E-state index is 13.4. The molecule has 0 saturated heterocycles. The molecule has 1 aromatic carbocycles. The van der Waals surface area contributed by atoms with Gasteiger partial charge in [0.2, 0.25) is 5.88 Å². The van der Waals surface area contributed by atoms with Crippen molar-refractivity contribution >= 4 is 21.4 Å². The first-order valence-corrected chi connectivity index (χ1v) is 14.0. The van der Waals surface area contributed by atoms with Gasteiger partial charge < -0.3 is 9.64 Å². The molecule has 12 heteroatoms. The average Bonchev–Trinajstić information content (AvgIpc) is 2.84. The molecule has 0 N–H and O–H groups in total. The van der Waals surface area contributed by atoms with Crippen molar-refractivity contribution in [2.75, 3.05) is 14.1 Å². The Labute approximate surface area is 225 Å². The third kappa shape index (κ3) is 6.44. The van der Waals surface area contributed by atoms with Gasteiger partial charge >= 0.3 is 6.18 Å². The molecule has 0 bridgehead atoms. The van der Waals surface area contributed by atoms with Gasteiger partial charge in [0.15, 0.2) is 9.84 Å². The highest BCUT2D eigenvalue weighted by Crippen LogP contribution is 2.41. The number of alkyl halides is 3. The minimum atomic E-state index is -4.52. The molecule has 3 aromatic rings. The van der Waals surface area contributed by atoms with Gasteiger partial charge in [0.1, 0.15) is 12.4 Å². The molecule has 204 valence electrons. The van der Waals surface area contributed by atoms with Crippen LogP contribution in [0.25, 0.3) is 0 Å². The Balaban J connectivity index is 1.49. The third-order valence-corrected chi connectivity index (χ3v) is 8.89. The molecule has 2 aromatic heterocycles. The zero-order chi connectivity index (χ0) is 27.7. The van der Waals surface area contributed by atoms with Gasteiger partial charge in [-0.1, -0.05) is 17.7 Å². The number of benzene rings is 1. The molecule has 38 heavy (non-hydrogen) atoms. The number of aryl methyl sites for hydroxylation is 1. The van der Waals surface area contributed by atoms with Crippen molar-refractivity contribution in [3.05, 3.63) is 76.5 Å². The first kappa shape index (κ1) is 28.3. The number of ether oxygens (including phenoxy) is 1. The second-order valence-electron chi connectivity index (χ2n) is 9.63. The van der Waals surface area contributed by atoms with E-state index in [4.69, 9.17) is 16.3 Å². The van der Waals surface area contributed by atoms with E-state index in [9.17, 15) is 21.6 Å². The molecule has 1 fully saturated rings. The normalized spacial score (nSPS) is 20.5. The number of likely N-dealkylation sites (N-methyl/N-ethyl adjacent to an activating group) is 1. The van der Waals surface area contributed by atoms with Gasteiger partial charge in [0.05, 0.1) is 32.6 Å². The summed E-state index contributed by atoms with van der Waals surface area (Å²) >= 11 is 5.81. The van der Waals surface area contributed by atoms with Crippen molar-refractivity contribution in [1.29, 1.82) is 0 Å². The Morgan fingerprint density at radius 2 is 1.89 bits per heavy atom. The number of aromatic nitrogens is 3. The summed E-state index contributed by atoms with van der Waals surface area (Å²) < 4.78 is 72.2. The summed E-state index contributed by atoms with van der Waals surface area (Å²) in [5.74, 6) is -0.0691. The summed E-state index contributed by atoms with van der Waals surface area (Å²) in [5, 5.41) is -0.314. The number of pyridine rings is 1. The Bertz CT molecular complexity index is 1390. The molecule has 1 saturated carbocycles. The number of hydrogen-bond acceptors (Lipinski definition) is 7. The van der Waals surface area contributed by atoms with Gasteiger partial charge in [-0.15, -0.1) is 0 Å². The summed E-state index contributed by atoms with van der Waals surface area (Å²) in [6.07, 6.45) is -0.216. The molecule has 0 radical (unpaired) electrons. The van der Waals surface area contributed by atoms with Gasteiger partial charge in [0.25, 0.3) is 0 Å². The molecule has 7 nitrogen and oxygen atoms in total. The van der Waals surface area contributed by atoms with Crippen LogP contribution in [0.4, 0.5) is 13.2 Å². The lowest BCUT2D eigenvalue weighted by Gasteiger charge is -2.39. The predicted molar refractivity (Wildman–Crippen MR) is 137 cm³/mol. The lowest BCUT2D eigenvalue weighted by atomic mass is 9.79. The van der Waals surface area contributed by atoms with E-state index in [0.717, 1.165) is 6.07 Å². The minimum absolute atomic E-state index is 0.0929. The van der Waals surface area contributed by atoms with Crippen LogP contribution in [-0.2, 0) is 21.8 Å². The van der Waals surface area contributed by atoms with Crippen molar-refractivity contribution in [2.24, 2.45) is 0 Å². The van der Waals surface area contributed by atoms with Crippen LogP contribution in [0, 0.1) is 6.92 Å².